The summed E-state index contributed by atoms with van der Waals surface area (Å²) in [5, 5.41) is 0. The van der Waals surface area contributed by atoms with E-state index in [1.165, 1.54) is 141 Å². The molecule has 0 bridgehead atoms. The molecule has 0 saturated carbocycles. The van der Waals surface area contributed by atoms with Crippen LogP contribution < -0.4 is 0 Å². The third-order valence-corrected chi connectivity index (χ3v) is 12.0. The van der Waals surface area contributed by atoms with Gasteiger partial charge in [-0.2, -0.15) is 0 Å². The first-order valence-electron chi connectivity index (χ1n) is 27.8. The molecule has 0 radical (unpaired) electrons. The van der Waals surface area contributed by atoms with Crippen molar-refractivity contribution in [3.63, 3.8) is 0 Å². The number of hydrogen-bond acceptors (Lipinski definition) is 6. The van der Waals surface area contributed by atoms with E-state index in [2.05, 4.69) is 81.5 Å². The van der Waals surface area contributed by atoms with E-state index >= 15 is 0 Å². The molecule has 0 aromatic heterocycles. The Hall–Kier alpha value is -2.89. The minimum Gasteiger partial charge on any atom is -0.462 e. The van der Waals surface area contributed by atoms with Gasteiger partial charge < -0.3 is 14.2 Å². The first kappa shape index (κ1) is 62.1. The first-order valence-corrected chi connectivity index (χ1v) is 27.8. The van der Waals surface area contributed by atoms with Gasteiger partial charge in [0, 0.05) is 19.3 Å². The van der Waals surface area contributed by atoms with Crippen LogP contribution >= 0.6 is 0 Å². The van der Waals surface area contributed by atoms with Gasteiger partial charge in [0.15, 0.2) is 6.10 Å². The first-order chi connectivity index (χ1) is 32.0. The minimum atomic E-state index is -0.777. The number of allylic oxidation sites excluding steroid dienone is 10. The monoisotopic (exact) mass is 909 g/mol. The fourth-order valence-corrected chi connectivity index (χ4v) is 7.84. The quantitative estimate of drug-likeness (QED) is 0.0262. The molecule has 376 valence electrons. The smallest absolute Gasteiger partial charge is 0.306 e. The lowest BCUT2D eigenvalue weighted by Crippen LogP contribution is -2.30. The second-order valence-electron chi connectivity index (χ2n) is 18.5. The summed E-state index contributed by atoms with van der Waals surface area (Å²) in [6.45, 7) is 6.51. The topological polar surface area (TPSA) is 78.9 Å². The zero-order chi connectivity index (χ0) is 47.2. The van der Waals surface area contributed by atoms with E-state index < -0.39 is 6.10 Å². The number of carbonyl (C=O) groups is 3. The fraction of sp³-hybridized carbons (Fsp3) is 0.780. The van der Waals surface area contributed by atoms with E-state index in [1.807, 2.05) is 0 Å². The molecule has 0 saturated heterocycles. The van der Waals surface area contributed by atoms with E-state index in [9.17, 15) is 14.4 Å². The lowest BCUT2D eigenvalue weighted by atomic mass is 10.1. The van der Waals surface area contributed by atoms with Crippen molar-refractivity contribution in [1.82, 2.24) is 0 Å². The van der Waals surface area contributed by atoms with Crippen LogP contribution in [-0.4, -0.2) is 37.2 Å². The van der Waals surface area contributed by atoms with Crippen LogP contribution in [0, 0.1) is 0 Å². The van der Waals surface area contributed by atoms with Crippen molar-refractivity contribution < 1.29 is 28.6 Å². The Balaban J connectivity index is 4.27. The van der Waals surface area contributed by atoms with Gasteiger partial charge in [-0.3, -0.25) is 14.4 Å². The summed E-state index contributed by atoms with van der Waals surface area (Å²) in [5.74, 6) is -0.882. The Morgan fingerprint density at radius 2 is 0.600 bits per heavy atom. The molecule has 0 spiro atoms. The summed E-state index contributed by atoms with van der Waals surface area (Å²) in [5.41, 5.74) is 0. The molecule has 1 unspecified atom stereocenters. The van der Waals surface area contributed by atoms with Crippen molar-refractivity contribution in [2.75, 3.05) is 13.2 Å². The van der Waals surface area contributed by atoms with Gasteiger partial charge in [0.05, 0.1) is 0 Å². The van der Waals surface area contributed by atoms with Gasteiger partial charge in [0.25, 0.3) is 0 Å². The van der Waals surface area contributed by atoms with E-state index in [0.29, 0.717) is 19.3 Å². The van der Waals surface area contributed by atoms with Crippen molar-refractivity contribution in [2.45, 2.75) is 284 Å². The van der Waals surface area contributed by atoms with Crippen LogP contribution in [0.2, 0.25) is 0 Å². The predicted octanol–water partition coefficient (Wildman–Crippen LogP) is 18.4. The molecular weight excluding hydrogens is 805 g/mol. The number of carbonyl (C=O) groups excluding carboxylic acids is 3. The largest absolute Gasteiger partial charge is 0.462 e. The van der Waals surface area contributed by atoms with Gasteiger partial charge in [-0.1, -0.05) is 236 Å². The van der Waals surface area contributed by atoms with Crippen molar-refractivity contribution >= 4 is 17.9 Å². The average Bonchev–Trinajstić information content (AvgIpc) is 3.30. The molecule has 65 heavy (non-hydrogen) atoms. The van der Waals surface area contributed by atoms with Gasteiger partial charge in [-0.15, -0.1) is 0 Å². The number of hydrogen-bond donors (Lipinski definition) is 0. The summed E-state index contributed by atoms with van der Waals surface area (Å²) >= 11 is 0. The molecule has 0 aliphatic heterocycles. The minimum absolute atomic E-state index is 0.0761. The number of ether oxygens (including phenoxy) is 3. The summed E-state index contributed by atoms with van der Waals surface area (Å²) < 4.78 is 16.8. The Morgan fingerprint density at radius 3 is 0.969 bits per heavy atom. The Labute approximate surface area is 402 Å². The molecule has 1 atom stereocenters. The highest BCUT2D eigenvalue weighted by Crippen LogP contribution is 2.15. The van der Waals surface area contributed by atoms with Crippen LogP contribution in [0.4, 0.5) is 0 Å². The Bertz CT molecular complexity index is 1180. The van der Waals surface area contributed by atoms with Gasteiger partial charge in [-0.05, 0) is 83.5 Å². The highest BCUT2D eigenvalue weighted by atomic mass is 16.6. The third-order valence-electron chi connectivity index (χ3n) is 12.0. The van der Waals surface area contributed by atoms with E-state index in [0.717, 1.165) is 96.3 Å². The summed E-state index contributed by atoms with van der Waals surface area (Å²) in [6, 6.07) is 0. The number of rotatable bonds is 50. The number of esters is 3. The fourth-order valence-electron chi connectivity index (χ4n) is 7.84. The summed E-state index contributed by atoms with van der Waals surface area (Å²) in [6.07, 6.45) is 66.4. The van der Waals surface area contributed by atoms with Crippen molar-refractivity contribution in [3.8, 4) is 0 Å². The number of unbranched alkanes of at least 4 members (excludes halogenated alkanes) is 29. The second-order valence-corrected chi connectivity index (χ2v) is 18.5. The van der Waals surface area contributed by atoms with E-state index in [4.69, 9.17) is 14.2 Å². The molecule has 6 nitrogen and oxygen atoms in total. The molecule has 0 heterocycles. The van der Waals surface area contributed by atoms with Crippen LogP contribution in [0.5, 0.6) is 0 Å². The van der Waals surface area contributed by atoms with Crippen LogP contribution in [0.25, 0.3) is 0 Å². The van der Waals surface area contributed by atoms with Gasteiger partial charge >= 0.3 is 17.9 Å². The standard InChI is InChI=1S/C59H104O6/c1-4-7-10-13-16-19-22-24-25-26-27-28-29-30-31-32-33-35-37-40-43-46-49-52-58(61)64-55-56(54-63-57(60)51-48-45-42-39-36-21-18-15-12-9-6-3)65-59(62)53-50-47-44-41-38-34-23-20-17-14-11-8-5-2/h7,10,16,19-20,23-25,27-28,56H,4-6,8-9,11-15,17-18,21-22,26,29-55H2,1-3H3/b10-7-,19-16-,23-20-,25-24-,28-27-. The van der Waals surface area contributed by atoms with Gasteiger partial charge in [0.1, 0.15) is 13.2 Å². The molecule has 6 heteroatoms. The van der Waals surface area contributed by atoms with Gasteiger partial charge in [0.2, 0.25) is 0 Å². The Kier molecular flexibility index (Phi) is 51.3. The SMILES string of the molecule is CC/C=C\C/C=C\C/C=C\C/C=C\CCCCCCCCCCCCC(=O)OCC(COC(=O)CCCCCCCCCCCCC)OC(=O)CCCCCCC/C=C\CCCCCC. The van der Waals surface area contributed by atoms with Crippen LogP contribution in [0.15, 0.2) is 60.8 Å². The average molecular weight is 909 g/mol. The molecule has 0 aliphatic carbocycles. The van der Waals surface area contributed by atoms with Crippen LogP contribution in [-0.2, 0) is 28.6 Å². The van der Waals surface area contributed by atoms with E-state index in [-0.39, 0.29) is 31.1 Å². The van der Waals surface area contributed by atoms with Crippen LogP contribution in [0.3, 0.4) is 0 Å². The lowest BCUT2D eigenvalue weighted by Gasteiger charge is -2.18. The highest BCUT2D eigenvalue weighted by molar-refractivity contribution is 5.71. The summed E-state index contributed by atoms with van der Waals surface area (Å²) in [7, 11) is 0. The highest BCUT2D eigenvalue weighted by Gasteiger charge is 2.19. The van der Waals surface area contributed by atoms with Crippen molar-refractivity contribution in [3.05, 3.63) is 60.8 Å². The van der Waals surface area contributed by atoms with E-state index in [1.54, 1.807) is 0 Å². The normalized spacial score (nSPS) is 12.5. The molecule has 0 rings (SSSR count). The molecule has 0 aliphatic rings. The predicted molar refractivity (Wildman–Crippen MR) is 279 cm³/mol. The molecular formula is C59H104O6. The zero-order valence-corrected chi connectivity index (χ0v) is 43.0. The molecule has 0 N–H and O–H groups in total. The maximum atomic E-state index is 12.8. The van der Waals surface area contributed by atoms with Crippen LogP contribution in [0.1, 0.15) is 278 Å². The Morgan fingerprint density at radius 1 is 0.323 bits per heavy atom. The molecule has 0 amide bonds. The maximum absolute atomic E-state index is 12.8. The van der Waals surface area contributed by atoms with Crippen molar-refractivity contribution in [2.24, 2.45) is 0 Å². The molecule has 0 fully saturated rings. The lowest BCUT2D eigenvalue weighted by molar-refractivity contribution is -0.167. The molecule has 0 aromatic carbocycles. The maximum Gasteiger partial charge on any atom is 0.306 e. The second kappa shape index (κ2) is 53.7. The summed E-state index contributed by atoms with van der Waals surface area (Å²) in [4.78, 5) is 38.0. The van der Waals surface area contributed by atoms with Crippen molar-refractivity contribution in [1.29, 1.82) is 0 Å². The third kappa shape index (κ3) is 51.9. The zero-order valence-electron chi connectivity index (χ0n) is 43.0. The molecule has 0 aromatic rings. The van der Waals surface area contributed by atoms with Gasteiger partial charge in [-0.25, -0.2) is 0 Å².